The Hall–Kier alpha value is -0.570. The van der Waals surface area contributed by atoms with Crippen molar-refractivity contribution in [3.63, 3.8) is 0 Å². The normalized spacial score (nSPS) is 33.1. The Bertz CT molecular complexity index is 286. The van der Waals surface area contributed by atoms with Crippen molar-refractivity contribution in [3.05, 3.63) is 0 Å². The SMILES string of the molecule is CC1C(N)CCCC1C(=O)NCCC1CCCCC1. The molecule has 2 aliphatic carbocycles. The third kappa shape index (κ3) is 4.20. The molecule has 0 bridgehead atoms. The summed E-state index contributed by atoms with van der Waals surface area (Å²) in [6, 6.07) is 0.211. The third-order valence-electron chi connectivity index (χ3n) is 5.28. The van der Waals surface area contributed by atoms with Crippen LogP contribution in [0.4, 0.5) is 0 Å². The van der Waals surface area contributed by atoms with E-state index in [1.165, 1.54) is 38.5 Å². The van der Waals surface area contributed by atoms with E-state index >= 15 is 0 Å². The predicted molar refractivity (Wildman–Crippen MR) is 78.7 cm³/mol. The van der Waals surface area contributed by atoms with Crippen molar-refractivity contribution >= 4 is 5.91 Å². The molecular formula is C16H30N2O. The first-order valence-electron chi connectivity index (χ1n) is 8.21. The minimum atomic E-state index is 0.148. The number of nitrogens with two attached hydrogens (primary N) is 1. The monoisotopic (exact) mass is 266 g/mol. The van der Waals surface area contributed by atoms with E-state index in [2.05, 4.69) is 12.2 Å². The Morgan fingerprint density at radius 1 is 1.11 bits per heavy atom. The van der Waals surface area contributed by atoms with Crippen LogP contribution in [0.3, 0.4) is 0 Å². The van der Waals surface area contributed by atoms with E-state index in [0.717, 1.165) is 31.7 Å². The van der Waals surface area contributed by atoms with Crippen LogP contribution in [-0.4, -0.2) is 18.5 Å². The lowest BCUT2D eigenvalue weighted by Gasteiger charge is -2.33. The van der Waals surface area contributed by atoms with Crippen LogP contribution in [0.2, 0.25) is 0 Å². The predicted octanol–water partition coefficient (Wildman–Crippen LogP) is 2.84. The van der Waals surface area contributed by atoms with E-state index in [0.29, 0.717) is 5.92 Å². The molecule has 0 aromatic rings. The van der Waals surface area contributed by atoms with Crippen LogP contribution in [-0.2, 0) is 4.79 Å². The Labute approximate surface area is 117 Å². The quantitative estimate of drug-likeness (QED) is 0.822. The lowest BCUT2D eigenvalue weighted by Crippen LogP contribution is -2.44. The van der Waals surface area contributed by atoms with Gasteiger partial charge in [-0.25, -0.2) is 0 Å². The number of amides is 1. The summed E-state index contributed by atoms with van der Waals surface area (Å²) < 4.78 is 0. The molecule has 2 rings (SSSR count). The Balaban J connectivity index is 1.68. The van der Waals surface area contributed by atoms with Gasteiger partial charge in [-0.05, 0) is 31.1 Å². The summed E-state index contributed by atoms with van der Waals surface area (Å²) in [6.45, 7) is 3.00. The highest BCUT2D eigenvalue weighted by Crippen LogP contribution is 2.29. The molecule has 2 saturated carbocycles. The molecule has 0 spiro atoms. The number of carbonyl (C=O) groups excluding carboxylic acids is 1. The van der Waals surface area contributed by atoms with Crippen LogP contribution in [0.5, 0.6) is 0 Å². The van der Waals surface area contributed by atoms with Crippen molar-refractivity contribution in [3.8, 4) is 0 Å². The molecule has 0 saturated heterocycles. The maximum Gasteiger partial charge on any atom is 0.223 e. The van der Waals surface area contributed by atoms with Gasteiger partial charge in [-0.3, -0.25) is 4.79 Å². The molecule has 0 heterocycles. The van der Waals surface area contributed by atoms with Crippen LogP contribution in [0.25, 0.3) is 0 Å². The molecule has 0 aromatic heterocycles. The smallest absolute Gasteiger partial charge is 0.223 e. The third-order valence-corrected chi connectivity index (χ3v) is 5.28. The van der Waals surface area contributed by atoms with Crippen molar-refractivity contribution in [2.45, 2.75) is 70.8 Å². The van der Waals surface area contributed by atoms with Gasteiger partial charge in [-0.15, -0.1) is 0 Å². The summed E-state index contributed by atoms with van der Waals surface area (Å²) in [6.07, 6.45) is 11.3. The Kier molecular flexibility index (Phi) is 5.68. The number of carbonyl (C=O) groups is 1. The highest BCUT2D eigenvalue weighted by molar-refractivity contribution is 5.79. The summed E-state index contributed by atoms with van der Waals surface area (Å²) in [4.78, 5) is 12.2. The summed E-state index contributed by atoms with van der Waals surface area (Å²) in [5.41, 5.74) is 6.07. The lowest BCUT2D eigenvalue weighted by atomic mass is 9.77. The Morgan fingerprint density at radius 2 is 1.84 bits per heavy atom. The molecule has 1 amide bonds. The van der Waals surface area contributed by atoms with Gasteiger partial charge in [0.25, 0.3) is 0 Å². The van der Waals surface area contributed by atoms with Gasteiger partial charge in [0.1, 0.15) is 0 Å². The second kappa shape index (κ2) is 7.28. The summed E-state index contributed by atoms with van der Waals surface area (Å²) in [5, 5.41) is 3.16. The Morgan fingerprint density at radius 3 is 2.58 bits per heavy atom. The minimum Gasteiger partial charge on any atom is -0.356 e. The zero-order valence-corrected chi connectivity index (χ0v) is 12.4. The first-order chi connectivity index (χ1) is 9.18. The van der Waals surface area contributed by atoms with Crippen molar-refractivity contribution in [1.82, 2.24) is 5.32 Å². The van der Waals surface area contributed by atoms with Crippen molar-refractivity contribution in [2.75, 3.05) is 6.54 Å². The van der Waals surface area contributed by atoms with Gasteiger partial charge in [0.15, 0.2) is 0 Å². The summed E-state index contributed by atoms with van der Waals surface area (Å²) in [7, 11) is 0. The zero-order valence-electron chi connectivity index (χ0n) is 12.4. The van der Waals surface area contributed by atoms with Crippen LogP contribution in [0, 0.1) is 17.8 Å². The van der Waals surface area contributed by atoms with Crippen LogP contribution in [0.15, 0.2) is 0 Å². The molecule has 3 unspecified atom stereocenters. The van der Waals surface area contributed by atoms with Gasteiger partial charge in [0, 0.05) is 18.5 Å². The van der Waals surface area contributed by atoms with E-state index in [9.17, 15) is 4.79 Å². The van der Waals surface area contributed by atoms with Gasteiger partial charge in [0.05, 0.1) is 0 Å². The second-order valence-corrected chi connectivity index (χ2v) is 6.64. The second-order valence-electron chi connectivity index (χ2n) is 6.64. The van der Waals surface area contributed by atoms with Gasteiger partial charge in [-0.2, -0.15) is 0 Å². The molecule has 0 aromatic carbocycles. The minimum absolute atomic E-state index is 0.148. The molecule has 0 aliphatic heterocycles. The number of nitrogens with one attached hydrogen (secondary N) is 1. The maximum atomic E-state index is 12.2. The van der Waals surface area contributed by atoms with Crippen molar-refractivity contribution < 1.29 is 4.79 Å². The molecule has 3 nitrogen and oxygen atoms in total. The topological polar surface area (TPSA) is 55.1 Å². The first kappa shape index (κ1) is 14.8. The van der Waals surface area contributed by atoms with E-state index in [-0.39, 0.29) is 17.9 Å². The van der Waals surface area contributed by atoms with E-state index < -0.39 is 0 Å². The fraction of sp³-hybridized carbons (Fsp3) is 0.938. The molecule has 19 heavy (non-hydrogen) atoms. The highest BCUT2D eigenvalue weighted by atomic mass is 16.1. The molecular weight excluding hydrogens is 236 g/mol. The summed E-state index contributed by atoms with van der Waals surface area (Å²) in [5.74, 6) is 1.58. The summed E-state index contributed by atoms with van der Waals surface area (Å²) >= 11 is 0. The van der Waals surface area contributed by atoms with E-state index in [1.54, 1.807) is 0 Å². The largest absolute Gasteiger partial charge is 0.356 e. The van der Waals surface area contributed by atoms with Crippen LogP contribution < -0.4 is 11.1 Å². The van der Waals surface area contributed by atoms with E-state index in [1.807, 2.05) is 0 Å². The number of rotatable bonds is 4. The van der Waals surface area contributed by atoms with Gasteiger partial charge >= 0.3 is 0 Å². The maximum absolute atomic E-state index is 12.2. The molecule has 2 fully saturated rings. The highest BCUT2D eigenvalue weighted by Gasteiger charge is 2.32. The fourth-order valence-corrected chi connectivity index (χ4v) is 3.77. The van der Waals surface area contributed by atoms with Crippen molar-refractivity contribution in [2.24, 2.45) is 23.5 Å². The molecule has 0 radical (unpaired) electrons. The zero-order chi connectivity index (χ0) is 13.7. The molecule has 2 aliphatic rings. The van der Waals surface area contributed by atoms with Gasteiger partial charge in [0.2, 0.25) is 5.91 Å². The molecule has 110 valence electrons. The average molecular weight is 266 g/mol. The van der Waals surface area contributed by atoms with Gasteiger partial charge in [-0.1, -0.05) is 45.4 Å². The van der Waals surface area contributed by atoms with Gasteiger partial charge < -0.3 is 11.1 Å². The van der Waals surface area contributed by atoms with Crippen molar-refractivity contribution in [1.29, 1.82) is 0 Å². The number of hydrogen-bond donors (Lipinski definition) is 2. The van der Waals surface area contributed by atoms with Crippen LogP contribution >= 0.6 is 0 Å². The molecule has 3 atom stereocenters. The standard InChI is InChI=1S/C16H30N2O/c1-12-14(8-5-9-15(12)17)16(19)18-11-10-13-6-3-2-4-7-13/h12-15H,2-11,17H2,1H3,(H,18,19). The molecule has 3 heteroatoms. The first-order valence-corrected chi connectivity index (χ1v) is 8.21. The molecule has 3 N–H and O–H groups in total. The lowest BCUT2D eigenvalue weighted by molar-refractivity contribution is -0.127. The number of hydrogen-bond acceptors (Lipinski definition) is 2. The fourth-order valence-electron chi connectivity index (χ4n) is 3.77. The van der Waals surface area contributed by atoms with E-state index in [4.69, 9.17) is 5.73 Å². The average Bonchev–Trinajstić information content (AvgIpc) is 2.43. The van der Waals surface area contributed by atoms with Crippen LogP contribution in [0.1, 0.15) is 64.7 Å².